The summed E-state index contributed by atoms with van der Waals surface area (Å²) in [6, 6.07) is 0. The summed E-state index contributed by atoms with van der Waals surface area (Å²) >= 11 is 14.0. The van der Waals surface area contributed by atoms with E-state index in [1.807, 2.05) is 0 Å². The summed E-state index contributed by atoms with van der Waals surface area (Å²) in [6.45, 7) is 4.17. The number of fused-ring (bicyclic) bond motifs is 2. The molecule has 19 heavy (non-hydrogen) atoms. The van der Waals surface area contributed by atoms with Crippen LogP contribution in [0.3, 0.4) is 0 Å². The second-order valence-electron chi connectivity index (χ2n) is 6.97. The van der Waals surface area contributed by atoms with Gasteiger partial charge in [-0.15, -0.1) is 11.6 Å². The van der Waals surface area contributed by atoms with Crippen molar-refractivity contribution in [1.82, 2.24) is 0 Å². The second-order valence-corrected chi connectivity index (χ2v) is 10.3. The van der Waals surface area contributed by atoms with Crippen molar-refractivity contribution in [1.29, 1.82) is 0 Å². The molecule has 2 heterocycles. The predicted octanol–water partition coefficient (Wildman–Crippen LogP) is 2.94. The molecule has 2 aliphatic carbocycles. The SMILES string of the molecule is CC1(Cl)CC2OC3(Br)CC2(CC1Br)C1(C)OC1C3O. The van der Waals surface area contributed by atoms with Gasteiger partial charge in [0.05, 0.1) is 11.0 Å². The number of hydrogen-bond donors (Lipinski definition) is 1. The van der Waals surface area contributed by atoms with Crippen LogP contribution in [-0.2, 0) is 9.47 Å². The standard InChI is InChI=1S/C13H17Br2ClO3/c1-10(16)4-7-12(3-6(10)14)5-13(15,18-7)8(17)9-11(12,2)19-9/h6-9,17H,3-5H2,1-2H3. The third-order valence-electron chi connectivity index (χ3n) is 5.87. The molecule has 2 saturated heterocycles. The highest BCUT2D eigenvalue weighted by atomic mass is 79.9. The van der Waals surface area contributed by atoms with Crippen LogP contribution in [0.15, 0.2) is 0 Å². The molecule has 0 aromatic carbocycles. The minimum Gasteiger partial charge on any atom is -0.386 e. The van der Waals surface area contributed by atoms with E-state index in [-0.39, 0.29) is 32.9 Å². The highest BCUT2D eigenvalue weighted by Crippen LogP contribution is 2.73. The first-order valence-corrected chi connectivity index (χ1v) is 8.79. The average Bonchev–Trinajstić information content (AvgIpc) is 2.89. The van der Waals surface area contributed by atoms with E-state index in [4.69, 9.17) is 21.1 Å². The molecule has 8 atom stereocenters. The van der Waals surface area contributed by atoms with E-state index in [9.17, 15) is 5.11 Å². The minimum absolute atomic E-state index is 0.0373. The lowest BCUT2D eigenvalue weighted by atomic mass is 9.57. The molecule has 2 bridgehead atoms. The van der Waals surface area contributed by atoms with Gasteiger partial charge in [-0.25, -0.2) is 0 Å². The average molecular weight is 417 g/mol. The van der Waals surface area contributed by atoms with Crippen LogP contribution in [0.5, 0.6) is 0 Å². The Labute approximate surface area is 134 Å². The lowest BCUT2D eigenvalue weighted by Crippen LogP contribution is -2.57. The number of ether oxygens (including phenoxy) is 2. The van der Waals surface area contributed by atoms with Crippen LogP contribution in [-0.4, -0.2) is 43.2 Å². The van der Waals surface area contributed by atoms with Gasteiger partial charge in [-0.05, 0) is 26.7 Å². The molecule has 1 N–H and O–H groups in total. The molecule has 0 amide bonds. The van der Waals surface area contributed by atoms with Gasteiger partial charge in [0.25, 0.3) is 0 Å². The molecule has 4 rings (SSSR count). The number of halogens is 3. The number of epoxide rings is 1. The highest BCUT2D eigenvalue weighted by Gasteiger charge is 2.83. The molecule has 2 aliphatic heterocycles. The quantitative estimate of drug-likeness (QED) is 0.488. The fourth-order valence-corrected chi connectivity index (χ4v) is 6.44. The largest absolute Gasteiger partial charge is 0.386 e. The zero-order valence-corrected chi connectivity index (χ0v) is 14.8. The van der Waals surface area contributed by atoms with Crippen LogP contribution in [0.4, 0.5) is 0 Å². The van der Waals surface area contributed by atoms with Gasteiger partial charge < -0.3 is 14.6 Å². The lowest BCUT2D eigenvalue weighted by molar-refractivity contribution is -0.0818. The monoisotopic (exact) mass is 414 g/mol. The Hall–Kier alpha value is 1.13. The molecule has 0 aromatic heterocycles. The molecule has 6 heteroatoms. The first kappa shape index (κ1) is 13.8. The van der Waals surface area contributed by atoms with E-state index >= 15 is 0 Å². The summed E-state index contributed by atoms with van der Waals surface area (Å²) < 4.78 is 11.5. The number of aliphatic hydroxyl groups is 1. The van der Waals surface area contributed by atoms with Crippen molar-refractivity contribution in [2.45, 2.75) is 71.2 Å². The second kappa shape index (κ2) is 3.54. The van der Waals surface area contributed by atoms with Gasteiger partial charge in [0.2, 0.25) is 0 Å². The maximum atomic E-state index is 10.4. The van der Waals surface area contributed by atoms with Crippen LogP contribution < -0.4 is 0 Å². The molecule has 108 valence electrons. The Bertz CT molecular complexity index is 459. The van der Waals surface area contributed by atoms with E-state index in [0.29, 0.717) is 0 Å². The number of alkyl halides is 3. The molecule has 0 aromatic rings. The zero-order chi connectivity index (χ0) is 13.8. The molecule has 4 aliphatic rings. The van der Waals surface area contributed by atoms with Crippen molar-refractivity contribution in [3.63, 3.8) is 0 Å². The maximum absolute atomic E-state index is 10.4. The molecule has 4 fully saturated rings. The summed E-state index contributed by atoms with van der Waals surface area (Å²) in [6.07, 6.45) is 1.79. The molecule has 0 radical (unpaired) electrons. The maximum Gasteiger partial charge on any atom is 0.152 e. The smallest absolute Gasteiger partial charge is 0.152 e. The van der Waals surface area contributed by atoms with Crippen LogP contribution in [0.1, 0.15) is 33.1 Å². The summed E-state index contributed by atoms with van der Waals surface area (Å²) in [5.41, 5.74) is -0.326. The molecular weight excluding hydrogens is 399 g/mol. The minimum atomic E-state index is -0.664. The summed E-state index contributed by atoms with van der Waals surface area (Å²) in [5, 5.41) is 10.4. The summed E-state index contributed by atoms with van der Waals surface area (Å²) in [4.78, 5) is -0.0871. The molecule has 2 saturated carbocycles. The van der Waals surface area contributed by atoms with Crippen molar-refractivity contribution in [2.75, 3.05) is 0 Å². The Morgan fingerprint density at radius 1 is 1.26 bits per heavy atom. The van der Waals surface area contributed by atoms with Crippen molar-refractivity contribution < 1.29 is 14.6 Å². The summed E-state index contributed by atoms with van der Waals surface area (Å²) in [5.74, 6) is 0. The van der Waals surface area contributed by atoms with Crippen LogP contribution >= 0.6 is 43.5 Å². The van der Waals surface area contributed by atoms with E-state index in [1.165, 1.54) is 0 Å². The third-order valence-corrected chi connectivity index (χ3v) is 8.82. The number of rotatable bonds is 0. The van der Waals surface area contributed by atoms with E-state index in [0.717, 1.165) is 19.3 Å². The first-order valence-electron chi connectivity index (χ1n) is 6.70. The highest BCUT2D eigenvalue weighted by molar-refractivity contribution is 9.10. The fourth-order valence-electron chi connectivity index (χ4n) is 4.49. The topological polar surface area (TPSA) is 42.0 Å². The Morgan fingerprint density at radius 3 is 2.63 bits per heavy atom. The van der Waals surface area contributed by atoms with E-state index in [1.54, 1.807) is 0 Å². The van der Waals surface area contributed by atoms with Gasteiger partial charge >= 0.3 is 0 Å². The van der Waals surface area contributed by atoms with Gasteiger partial charge in [-0.2, -0.15) is 0 Å². The lowest BCUT2D eigenvalue weighted by Gasteiger charge is -2.49. The van der Waals surface area contributed by atoms with Crippen LogP contribution in [0, 0.1) is 5.41 Å². The predicted molar refractivity (Wildman–Crippen MR) is 79.1 cm³/mol. The van der Waals surface area contributed by atoms with Crippen LogP contribution in [0.2, 0.25) is 0 Å². The van der Waals surface area contributed by atoms with Crippen molar-refractivity contribution in [3.05, 3.63) is 0 Å². The van der Waals surface area contributed by atoms with Gasteiger partial charge in [0.15, 0.2) is 4.51 Å². The number of aliphatic hydroxyl groups excluding tert-OH is 1. The van der Waals surface area contributed by atoms with Gasteiger partial charge in [-0.3, -0.25) is 0 Å². The van der Waals surface area contributed by atoms with Crippen molar-refractivity contribution in [2.24, 2.45) is 5.41 Å². The van der Waals surface area contributed by atoms with E-state index < -0.39 is 10.6 Å². The Kier molecular flexibility index (Phi) is 2.57. The number of hydrogen-bond acceptors (Lipinski definition) is 3. The molecule has 8 unspecified atom stereocenters. The Balaban J connectivity index is 1.80. The summed E-state index contributed by atoms with van der Waals surface area (Å²) in [7, 11) is 0. The van der Waals surface area contributed by atoms with Crippen LogP contribution in [0.25, 0.3) is 0 Å². The first-order chi connectivity index (χ1) is 8.65. The Morgan fingerprint density at radius 2 is 1.95 bits per heavy atom. The fraction of sp³-hybridized carbons (Fsp3) is 1.00. The third kappa shape index (κ3) is 1.45. The van der Waals surface area contributed by atoms with E-state index in [2.05, 4.69) is 45.7 Å². The molecular formula is C13H17Br2ClO3. The van der Waals surface area contributed by atoms with Gasteiger partial charge in [0.1, 0.15) is 17.8 Å². The van der Waals surface area contributed by atoms with Crippen molar-refractivity contribution in [3.8, 4) is 0 Å². The van der Waals surface area contributed by atoms with Gasteiger partial charge in [0, 0.05) is 16.7 Å². The van der Waals surface area contributed by atoms with Crippen molar-refractivity contribution >= 4 is 43.5 Å². The normalized spacial score (nSPS) is 70.4. The molecule has 3 nitrogen and oxygen atoms in total. The molecule has 1 spiro atoms. The van der Waals surface area contributed by atoms with Gasteiger partial charge in [-0.1, -0.05) is 31.9 Å². The zero-order valence-electron chi connectivity index (χ0n) is 10.8.